The molecule has 0 radical (unpaired) electrons. The summed E-state index contributed by atoms with van der Waals surface area (Å²) in [5.41, 5.74) is 10.9. The molecule has 6 heterocycles. The Bertz CT molecular complexity index is 3000. The third-order valence-electron chi connectivity index (χ3n) is 11.5. The van der Waals surface area contributed by atoms with Gasteiger partial charge in [-0.3, -0.25) is 14.5 Å². The molecule has 0 bridgehead atoms. The van der Waals surface area contributed by atoms with Gasteiger partial charge in [0.1, 0.15) is 23.0 Å². The molecule has 0 spiro atoms. The summed E-state index contributed by atoms with van der Waals surface area (Å²) < 4.78 is 28.2. The molecule has 0 saturated carbocycles. The number of aromatic nitrogens is 5. The Labute approximate surface area is 345 Å². The van der Waals surface area contributed by atoms with Crippen molar-refractivity contribution in [3.63, 3.8) is 0 Å². The van der Waals surface area contributed by atoms with Crippen LogP contribution in [0, 0.1) is 0 Å². The summed E-state index contributed by atoms with van der Waals surface area (Å²) in [7, 11) is 14.4. The van der Waals surface area contributed by atoms with E-state index in [2.05, 4.69) is 93.9 Å². The minimum absolute atomic E-state index is 0.337. The zero-order chi connectivity index (χ0) is 42.0. The number of benzene rings is 4. The van der Waals surface area contributed by atoms with Crippen LogP contribution in [0.3, 0.4) is 0 Å². The maximum Gasteiger partial charge on any atom is 0.261 e. The fourth-order valence-electron chi connectivity index (χ4n) is 8.45. The third-order valence-corrected chi connectivity index (χ3v) is 11.5. The number of carbonyl (C=O) groups is 2. The van der Waals surface area contributed by atoms with E-state index in [0.717, 1.165) is 38.2 Å². The van der Waals surface area contributed by atoms with Crippen molar-refractivity contribution in [2.75, 3.05) is 35.5 Å². The molecule has 0 fully saturated rings. The maximum absolute atomic E-state index is 13.1. The van der Waals surface area contributed by atoms with E-state index in [1.807, 2.05) is 48.5 Å². The van der Waals surface area contributed by atoms with E-state index in [1.165, 1.54) is 51.1 Å². The Kier molecular flexibility index (Phi) is 9.27. The van der Waals surface area contributed by atoms with Gasteiger partial charge in [-0.1, -0.05) is 0 Å². The molecule has 10 rings (SSSR count). The fourth-order valence-corrected chi connectivity index (χ4v) is 8.45. The Morgan fingerprint density at radius 1 is 0.433 bits per heavy atom. The van der Waals surface area contributed by atoms with Gasteiger partial charge in [-0.15, -0.1) is 0 Å². The number of ether oxygens (including phenoxy) is 4. The van der Waals surface area contributed by atoms with Crippen molar-refractivity contribution >= 4 is 66.6 Å². The summed E-state index contributed by atoms with van der Waals surface area (Å²) in [6.07, 6.45) is 12.3. The highest BCUT2D eigenvalue weighted by molar-refractivity contribution is 6.50. The zero-order valence-corrected chi connectivity index (χ0v) is 34.6. The first-order valence-corrected chi connectivity index (χ1v) is 19.3. The normalized spacial score (nSPS) is 13.0. The summed E-state index contributed by atoms with van der Waals surface area (Å²) in [6.45, 7) is 0. The maximum atomic E-state index is 13.1. The molecule has 12 heteroatoms. The Balaban J connectivity index is 0.000000154. The highest BCUT2D eigenvalue weighted by atomic mass is 16.5. The smallest absolute Gasteiger partial charge is 0.261 e. The van der Waals surface area contributed by atoms with Gasteiger partial charge >= 0.3 is 0 Å². The number of nitrogens with one attached hydrogen (secondary N) is 2. The molecular weight excluding hydrogens is 757 g/mol. The number of H-pyrrole nitrogens is 2. The molecule has 5 aromatic heterocycles. The molecular formula is C48H44N6O6. The first-order chi connectivity index (χ1) is 29.0. The van der Waals surface area contributed by atoms with Crippen molar-refractivity contribution < 1.29 is 28.5 Å². The van der Waals surface area contributed by atoms with Gasteiger partial charge in [0.15, 0.2) is 0 Å². The third kappa shape index (κ3) is 6.07. The van der Waals surface area contributed by atoms with Crippen LogP contribution in [-0.2, 0) is 30.7 Å². The molecule has 0 unspecified atom stereocenters. The van der Waals surface area contributed by atoms with Crippen LogP contribution in [0.15, 0.2) is 110 Å². The van der Waals surface area contributed by atoms with Crippen molar-refractivity contribution in [2.45, 2.75) is 0 Å². The van der Waals surface area contributed by atoms with Gasteiger partial charge in [0.2, 0.25) is 0 Å². The molecule has 12 nitrogen and oxygen atoms in total. The second kappa shape index (κ2) is 14.7. The van der Waals surface area contributed by atoms with E-state index in [4.69, 9.17) is 18.9 Å². The molecule has 0 aliphatic carbocycles. The quantitative estimate of drug-likeness (QED) is 0.148. The largest absolute Gasteiger partial charge is 0.497 e. The van der Waals surface area contributed by atoms with E-state index in [9.17, 15) is 9.59 Å². The van der Waals surface area contributed by atoms with Crippen LogP contribution in [-0.4, -0.2) is 75.9 Å². The second-order valence-electron chi connectivity index (χ2n) is 15.0. The first kappa shape index (κ1) is 37.9. The van der Waals surface area contributed by atoms with Gasteiger partial charge in [0.25, 0.3) is 11.8 Å². The van der Waals surface area contributed by atoms with Crippen LogP contribution in [0.25, 0.3) is 77.0 Å². The molecule has 2 N–H and O–H groups in total. The number of aromatic amines is 2. The minimum atomic E-state index is -0.337. The van der Waals surface area contributed by atoms with Gasteiger partial charge < -0.3 is 42.6 Å². The van der Waals surface area contributed by atoms with Gasteiger partial charge in [-0.05, 0) is 72.8 Å². The number of methoxy groups -OCH3 is 4. The first-order valence-electron chi connectivity index (χ1n) is 19.3. The zero-order valence-electron chi connectivity index (χ0n) is 34.6. The molecule has 4 aromatic carbocycles. The summed E-state index contributed by atoms with van der Waals surface area (Å²) in [6, 6.07) is 23.7. The predicted octanol–water partition coefficient (Wildman–Crippen LogP) is 8.94. The number of rotatable bonds is 8. The van der Waals surface area contributed by atoms with Gasteiger partial charge in [0.05, 0.1) is 39.6 Å². The van der Waals surface area contributed by atoms with Crippen molar-refractivity contribution in [1.29, 1.82) is 0 Å². The predicted molar refractivity (Wildman–Crippen MR) is 237 cm³/mol. The second-order valence-corrected chi connectivity index (χ2v) is 15.0. The molecule has 1 aliphatic rings. The molecule has 9 aromatic rings. The van der Waals surface area contributed by atoms with Gasteiger partial charge in [-0.2, -0.15) is 0 Å². The lowest BCUT2D eigenvalue weighted by atomic mass is 9.95. The van der Waals surface area contributed by atoms with E-state index >= 15 is 0 Å². The Morgan fingerprint density at radius 2 is 0.800 bits per heavy atom. The number of fused-ring (bicyclic) bond motifs is 4. The average molecular weight is 801 g/mol. The molecule has 0 atom stereocenters. The highest BCUT2D eigenvalue weighted by Gasteiger charge is 2.39. The standard InChI is InChI=1S/C25H25N3O2.C23H19N3O4/c1-26-12-20(22-14-27(2)24-8-6-16(29-4)10-18(22)24)21(13-26)23-15-28(3)25-9-7-17(30-5)11-19(23)25;1-26-22(27)20(16-10-24-18-6-4-12(29-2)8-14(16)18)21(23(26)28)17-11-25-19-7-5-13(30-3)9-15(17)19/h6-15H,1-5H3;4-11,24-25H,1-3H3. The Hall–Kier alpha value is -7.60. The molecule has 60 heavy (non-hydrogen) atoms. The number of hydrogen-bond donors (Lipinski definition) is 2. The summed E-state index contributed by atoms with van der Waals surface area (Å²) >= 11 is 0. The van der Waals surface area contributed by atoms with Crippen molar-refractivity contribution in [3.8, 4) is 45.3 Å². The van der Waals surface area contributed by atoms with E-state index in [0.29, 0.717) is 33.8 Å². The fraction of sp³-hybridized carbons (Fsp3) is 0.167. The van der Waals surface area contributed by atoms with Crippen LogP contribution in [0.2, 0.25) is 0 Å². The van der Waals surface area contributed by atoms with Crippen molar-refractivity contribution in [3.05, 3.63) is 121 Å². The lowest BCUT2D eigenvalue weighted by Crippen LogP contribution is -2.26. The van der Waals surface area contributed by atoms with Crippen LogP contribution >= 0.6 is 0 Å². The number of imide groups is 1. The lowest BCUT2D eigenvalue weighted by Gasteiger charge is -2.06. The number of hydrogen-bond acceptors (Lipinski definition) is 6. The number of aryl methyl sites for hydroxylation is 3. The van der Waals surface area contributed by atoms with E-state index in [1.54, 1.807) is 40.8 Å². The number of amides is 2. The minimum Gasteiger partial charge on any atom is -0.497 e. The number of nitrogens with zero attached hydrogens (tertiary/aromatic N) is 4. The van der Waals surface area contributed by atoms with Gasteiger partial charge in [-0.25, -0.2) is 0 Å². The van der Waals surface area contributed by atoms with E-state index in [-0.39, 0.29) is 11.8 Å². The van der Waals surface area contributed by atoms with Gasteiger partial charge in [0, 0.05) is 142 Å². The SMILES string of the molecule is COc1ccc2[nH]cc(C3=C(c4c[nH]c5ccc(OC)cc45)C(=O)N(C)C3=O)c2c1.COc1ccc2c(c1)c(-c1cn(C)cc1-c1cn(C)c3ccc(OC)cc13)cn2C. The monoisotopic (exact) mass is 800 g/mol. The van der Waals surface area contributed by atoms with Crippen molar-refractivity contribution in [1.82, 2.24) is 28.6 Å². The summed E-state index contributed by atoms with van der Waals surface area (Å²) in [5.74, 6) is 2.40. The Morgan fingerprint density at radius 3 is 1.18 bits per heavy atom. The average Bonchev–Trinajstić information content (AvgIpc) is 4.13. The number of carbonyl (C=O) groups excluding carboxylic acids is 2. The van der Waals surface area contributed by atoms with Crippen LogP contribution in [0.4, 0.5) is 0 Å². The van der Waals surface area contributed by atoms with Crippen LogP contribution in [0.1, 0.15) is 11.1 Å². The highest BCUT2D eigenvalue weighted by Crippen LogP contribution is 2.43. The lowest BCUT2D eigenvalue weighted by molar-refractivity contribution is -0.134. The van der Waals surface area contributed by atoms with E-state index < -0.39 is 0 Å². The van der Waals surface area contributed by atoms with Crippen molar-refractivity contribution in [2.24, 2.45) is 21.1 Å². The molecule has 302 valence electrons. The molecule has 1 aliphatic heterocycles. The molecule has 0 saturated heterocycles. The topological polar surface area (TPSA) is 121 Å². The summed E-state index contributed by atoms with van der Waals surface area (Å²) in [5, 5.41) is 4.00. The molecule has 2 amide bonds. The van der Waals surface area contributed by atoms with Crippen LogP contribution in [0.5, 0.6) is 23.0 Å². The number of likely N-dealkylation sites (N-methyl/N-ethyl adjacent to an activating group) is 1. The summed E-state index contributed by atoms with van der Waals surface area (Å²) in [4.78, 5) is 33.8. The van der Waals surface area contributed by atoms with Crippen LogP contribution < -0.4 is 18.9 Å².